The summed E-state index contributed by atoms with van der Waals surface area (Å²) in [5, 5.41) is 19.2. The maximum absolute atomic E-state index is 12.6. The van der Waals surface area contributed by atoms with Gasteiger partial charge in [-0.25, -0.2) is 14.8 Å². The Bertz CT molecular complexity index is 1410. The van der Waals surface area contributed by atoms with Crippen LogP contribution in [0.25, 0.3) is 5.82 Å². The molecule has 4 aromatic rings. The van der Waals surface area contributed by atoms with Gasteiger partial charge in [-0.2, -0.15) is 9.78 Å². The van der Waals surface area contributed by atoms with E-state index in [1.165, 1.54) is 30.1 Å². The fourth-order valence-electron chi connectivity index (χ4n) is 2.93. The Hall–Kier alpha value is -4.78. The molecule has 14 heteroatoms. The highest BCUT2D eigenvalue weighted by atomic mass is 35.5. The Balaban J connectivity index is 1.52. The van der Waals surface area contributed by atoms with Crippen molar-refractivity contribution in [3.05, 3.63) is 70.0 Å². The van der Waals surface area contributed by atoms with E-state index in [1.807, 2.05) is 0 Å². The van der Waals surface area contributed by atoms with E-state index in [9.17, 15) is 9.59 Å². The zero-order valence-electron chi connectivity index (χ0n) is 18.3. The minimum absolute atomic E-state index is 0.0123. The molecule has 0 fully saturated rings. The number of nitrogen functional groups attached to an aromatic ring is 1. The lowest BCUT2D eigenvalue weighted by atomic mass is 10.2. The zero-order valence-corrected chi connectivity index (χ0v) is 19.1. The Morgan fingerprint density at radius 2 is 1.97 bits per heavy atom. The number of carbonyl (C=O) groups is 2. The zero-order chi connectivity index (χ0) is 24.9. The van der Waals surface area contributed by atoms with Gasteiger partial charge in [-0.1, -0.05) is 22.9 Å². The Morgan fingerprint density at radius 1 is 1.20 bits per heavy atom. The quantitative estimate of drug-likeness (QED) is 0.167. The van der Waals surface area contributed by atoms with Crippen LogP contribution >= 0.6 is 11.6 Å². The summed E-state index contributed by atoms with van der Waals surface area (Å²) in [5.41, 5.74) is 8.97. The highest BCUT2D eigenvalue weighted by Gasteiger charge is 2.21. The molecule has 0 aliphatic carbocycles. The summed E-state index contributed by atoms with van der Waals surface area (Å²) in [6.45, 7) is 1.59. The SMILES string of the molecule is COc1cccc(C=NNC(=O)c2nnn(-c3nonc3N)c2C)c1OC(=O)c1ccc(Cl)cc1. The first-order valence-corrected chi connectivity index (χ1v) is 10.3. The molecule has 3 N–H and O–H groups in total. The maximum atomic E-state index is 12.6. The van der Waals surface area contributed by atoms with Crippen LogP contribution in [0.5, 0.6) is 11.5 Å². The molecule has 0 radical (unpaired) electrons. The molecule has 0 aliphatic heterocycles. The first-order chi connectivity index (χ1) is 16.9. The third kappa shape index (κ3) is 4.94. The largest absolute Gasteiger partial charge is 0.493 e. The number of hydrogen-bond donors (Lipinski definition) is 2. The van der Waals surface area contributed by atoms with Gasteiger partial charge in [-0.05, 0) is 53.6 Å². The van der Waals surface area contributed by atoms with Crippen LogP contribution in [0.15, 0.2) is 52.2 Å². The number of benzene rings is 2. The van der Waals surface area contributed by atoms with E-state index in [0.29, 0.717) is 22.0 Å². The lowest BCUT2D eigenvalue weighted by Crippen LogP contribution is -2.19. The number of ether oxygens (including phenoxy) is 2. The second-order valence-electron chi connectivity index (χ2n) is 6.88. The number of halogens is 1. The van der Waals surface area contributed by atoms with Crippen molar-refractivity contribution in [1.29, 1.82) is 0 Å². The number of carbonyl (C=O) groups excluding carboxylic acids is 2. The van der Waals surface area contributed by atoms with Crippen LogP contribution < -0.4 is 20.6 Å². The Labute approximate surface area is 202 Å². The van der Waals surface area contributed by atoms with Crippen LogP contribution in [0.2, 0.25) is 5.02 Å². The molecule has 2 aromatic carbocycles. The molecule has 35 heavy (non-hydrogen) atoms. The second kappa shape index (κ2) is 10.0. The van der Waals surface area contributed by atoms with Crippen LogP contribution in [-0.2, 0) is 0 Å². The molecule has 4 rings (SSSR count). The Kier molecular flexibility index (Phi) is 6.69. The number of amides is 1. The number of hydrazone groups is 1. The van der Waals surface area contributed by atoms with Crippen LogP contribution in [0.1, 0.15) is 32.1 Å². The summed E-state index contributed by atoms with van der Waals surface area (Å²) in [6.07, 6.45) is 1.30. The third-order valence-corrected chi connectivity index (χ3v) is 4.93. The van der Waals surface area contributed by atoms with E-state index in [4.69, 9.17) is 26.8 Å². The molecule has 0 saturated carbocycles. The number of methoxy groups -OCH3 is 1. The minimum atomic E-state index is -0.650. The van der Waals surface area contributed by atoms with Crippen LogP contribution in [0.4, 0.5) is 5.82 Å². The summed E-state index contributed by atoms with van der Waals surface area (Å²) in [7, 11) is 1.43. The molecule has 0 saturated heterocycles. The number of nitrogens with two attached hydrogens (primary N) is 1. The first-order valence-electron chi connectivity index (χ1n) is 9.88. The van der Waals surface area contributed by atoms with Gasteiger partial charge in [0.25, 0.3) is 5.91 Å². The van der Waals surface area contributed by atoms with E-state index in [1.54, 1.807) is 37.3 Å². The molecule has 0 bridgehead atoms. The monoisotopic (exact) mass is 496 g/mol. The van der Waals surface area contributed by atoms with Gasteiger partial charge in [0.15, 0.2) is 17.2 Å². The summed E-state index contributed by atoms with van der Waals surface area (Å²) in [5.74, 6) is -0.784. The highest BCUT2D eigenvalue weighted by Crippen LogP contribution is 2.31. The van der Waals surface area contributed by atoms with Gasteiger partial charge in [0.05, 0.1) is 24.6 Å². The average Bonchev–Trinajstić information content (AvgIpc) is 3.44. The normalized spacial score (nSPS) is 10.9. The van der Waals surface area contributed by atoms with Crippen molar-refractivity contribution in [3.63, 3.8) is 0 Å². The fraction of sp³-hybridized carbons (Fsp3) is 0.0952. The van der Waals surface area contributed by atoms with Crippen LogP contribution in [0.3, 0.4) is 0 Å². The topological polar surface area (TPSA) is 173 Å². The minimum Gasteiger partial charge on any atom is -0.493 e. The molecule has 0 spiro atoms. The van der Waals surface area contributed by atoms with Crippen molar-refractivity contribution in [2.75, 3.05) is 12.8 Å². The lowest BCUT2D eigenvalue weighted by Gasteiger charge is -2.11. The van der Waals surface area contributed by atoms with E-state index in [-0.39, 0.29) is 28.6 Å². The van der Waals surface area contributed by atoms with Crippen molar-refractivity contribution < 1.29 is 23.7 Å². The number of hydrogen-bond acceptors (Lipinski definition) is 11. The van der Waals surface area contributed by atoms with Crippen molar-refractivity contribution >= 4 is 35.5 Å². The average molecular weight is 497 g/mol. The summed E-state index contributed by atoms with van der Waals surface area (Å²) >= 11 is 5.87. The number of esters is 1. The number of nitrogens with zero attached hydrogens (tertiary/aromatic N) is 6. The van der Waals surface area contributed by atoms with Gasteiger partial charge in [0.1, 0.15) is 0 Å². The molecule has 1 amide bonds. The van der Waals surface area contributed by atoms with Crippen molar-refractivity contribution in [2.45, 2.75) is 6.92 Å². The van der Waals surface area contributed by atoms with E-state index in [2.05, 4.69) is 35.8 Å². The van der Waals surface area contributed by atoms with Gasteiger partial charge >= 0.3 is 5.97 Å². The summed E-state index contributed by atoms with van der Waals surface area (Å²) in [4.78, 5) is 25.2. The van der Waals surface area contributed by atoms with E-state index < -0.39 is 11.9 Å². The molecule has 0 atom stereocenters. The predicted octanol–water partition coefficient (Wildman–Crippen LogP) is 2.19. The fourth-order valence-corrected chi connectivity index (χ4v) is 3.06. The number of anilines is 1. The van der Waals surface area contributed by atoms with Crippen LogP contribution in [0, 0.1) is 6.92 Å². The molecule has 178 valence electrons. The van der Waals surface area contributed by atoms with Crippen LogP contribution in [-0.4, -0.2) is 50.5 Å². The number of para-hydroxylation sites is 1. The molecular weight excluding hydrogens is 480 g/mol. The number of rotatable bonds is 7. The van der Waals surface area contributed by atoms with Crippen molar-refractivity contribution in [1.82, 2.24) is 30.7 Å². The second-order valence-corrected chi connectivity index (χ2v) is 7.32. The van der Waals surface area contributed by atoms with Crippen molar-refractivity contribution in [3.8, 4) is 17.3 Å². The number of aromatic nitrogens is 5. The predicted molar refractivity (Wildman–Crippen MR) is 123 cm³/mol. The summed E-state index contributed by atoms with van der Waals surface area (Å²) < 4.78 is 16.6. The Morgan fingerprint density at radius 3 is 2.66 bits per heavy atom. The molecule has 2 heterocycles. The van der Waals surface area contributed by atoms with Crippen molar-refractivity contribution in [2.24, 2.45) is 5.10 Å². The van der Waals surface area contributed by atoms with Gasteiger partial charge < -0.3 is 15.2 Å². The molecular formula is C21H17ClN8O5. The number of nitrogens with one attached hydrogen (secondary N) is 1. The first kappa shape index (κ1) is 23.4. The molecule has 2 aromatic heterocycles. The van der Waals surface area contributed by atoms with Gasteiger partial charge in [0.2, 0.25) is 11.6 Å². The standard InChI is InChI=1S/C21H17ClN8O5/c1-11-16(25-29-30(11)19-18(23)27-35-28-19)20(31)26-24-10-13-4-3-5-15(33-2)17(13)34-21(32)12-6-8-14(22)9-7-12/h3-10H,1-2H3,(H2,23,27)(H,26,31). The summed E-state index contributed by atoms with van der Waals surface area (Å²) in [6, 6.07) is 11.1. The van der Waals surface area contributed by atoms with Gasteiger partial charge in [-0.15, -0.1) is 5.10 Å². The third-order valence-electron chi connectivity index (χ3n) is 4.68. The highest BCUT2D eigenvalue weighted by molar-refractivity contribution is 6.30. The lowest BCUT2D eigenvalue weighted by molar-refractivity contribution is 0.0729. The van der Waals surface area contributed by atoms with E-state index >= 15 is 0 Å². The smallest absolute Gasteiger partial charge is 0.343 e. The molecule has 0 aliphatic rings. The van der Waals surface area contributed by atoms with Gasteiger partial charge in [0, 0.05) is 10.6 Å². The van der Waals surface area contributed by atoms with E-state index in [0.717, 1.165) is 0 Å². The van der Waals surface area contributed by atoms with Gasteiger partial charge in [-0.3, -0.25) is 4.79 Å². The molecule has 0 unspecified atom stereocenters. The maximum Gasteiger partial charge on any atom is 0.343 e. The molecule has 13 nitrogen and oxygen atoms in total.